The van der Waals surface area contributed by atoms with E-state index in [9.17, 15) is 14.4 Å². The Hall–Kier alpha value is -3.39. The standard InChI is InChI=1S/C26H29N3O5/c1-17(2)18-7-9-19(10-8-18)29-24(30)15-20(25(29)31)27-11-13-28(14-12-27)26(32)23-16-33-21-5-3-4-6-22(21)34-23/h3-10,17,20,23H,11-16H2,1-2H3/t20-,23+/m1/s1. The van der Waals surface area contributed by atoms with E-state index in [1.807, 2.05) is 47.4 Å². The van der Waals surface area contributed by atoms with E-state index in [-0.39, 0.29) is 30.7 Å². The van der Waals surface area contributed by atoms with Crippen LogP contribution in [-0.4, -0.2) is 72.5 Å². The van der Waals surface area contributed by atoms with E-state index in [1.54, 1.807) is 11.0 Å². The Morgan fingerprint density at radius 3 is 2.29 bits per heavy atom. The zero-order valence-corrected chi connectivity index (χ0v) is 19.5. The largest absolute Gasteiger partial charge is 0.485 e. The summed E-state index contributed by atoms with van der Waals surface area (Å²) in [5.41, 5.74) is 1.78. The van der Waals surface area contributed by atoms with Gasteiger partial charge in [-0.25, -0.2) is 4.90 Å². The van der Waals surface area contributed by atoms with Crippen molar-refractivity contribution >= 4 is 23.4 Å². The van der Waals surface area contributed by atoms with Gasteiger partial charge in [0.25, 0.3) is 11.8 Å². The van der Waals surface area contributed by atoms with Gasteiger partial charge in [0.05, 0.1) is 18.2 Å². The minimum atomic E-state index is -0.680. The maximum atomic E-state index is 13.2. The molecule has 178 valence electrons. The molecule has 0 aliphatic carbocycles. The molecule has 0 N–H and O–H groups in total. The van der Waals surface area contributed by atoms with E-state index >= 15 is 0 Å². The number of benzene rings is 2. The van der Waals surface area contributed by atoms with Crippen LogP contribution >= 0.6 is 0 Å². The molecule has 0 aromatic heterocycles. The molecular weight excluding hydrogens is 434 g/mol. The number of amides is 3. The maximum absolute atomic E-state index is 13.2. The van der Waals surface area contributed by atoms with Crippen molar-refractivity contribution in [1.29, 1.82) is 0 Å². The van der Waals surface area contributed by atoms with Crippen LogP contribution in [0.25, 0.3) is 0 Å². The molecule has 2 aromatic carbocycles. The Labute approximate surface area is 199 Å². The summed E-state index contributed by atoms with van der Waals surface area (Å²) < 4.78 is 11.5. The smallest absolute Gasteiger partial charge is 0.267 e. The average molecular weight is 464 g/mol. The first-order chi connectivity index (χ1) is 16.4. The lowest BCUT2D eigenvalue weighted by Crippen LogP contribution is -2.57. The number of para-hydroxylation sites is 2. The maximum Gasteiger partial charge on any atom is 0.267 e. The Morgan fingerprint density at radius 1 is 0.941 bits per heavy atom. The number of imide groups is 1. The third kappa shape index (κ3) is 4.14. The number of nitrogens with zero attached hydrogens (tertiary/aromatic N) is 3. The second kappa shape index (κ2) is 9.10. The highest BCUT2D eigenvalue weighted by molar-refractivity contribution is 6.22. The first-order valence-electron chi connectivity index (χ1n) is 11.8. The topological polar surface area (TPSA) is 79.4 Å². The van der Waals surface area contributed by atoms with Gasteiger partial charge in [0.15, 0.2) is 11.5 Å². The highest BCUT2D eigenvalue weighted by Gasteiger charge is 2.44. The number of hydrogen-bond donors (Lipinski definition) is 0. The normalized spacial score (nSPS) is 23.0. The van der Waals surface area contributed by atoms with Crippen LogP contribution in [0.15, 0.2) is 48.5 Å². The zero-order valence-electron chi connectivity index (χ0n) is 19.5. The molecule has 8 nitrogen and oxygen atoms in total. The second-order valence-electron chi connectivity index (χ2n) is 9.26. The molecule has 3 aliphatic heterocycles. The van der Waals surface area contributed by atoms with Crippen molar-refractivity contribution < 1.29 is 23.9 Å². The summed E-state index contributed by atoms with van der Waals surface area (Å²) in [5.74, 6) is 1.10. The van der Waals surface area contributed by atoms with Crippen LogP contribution in [0.4, 0.5) is 5.69 Å². The molecule has 34 heavy (non-hydrogen) atoms. The third-order valence-corrected chi connectivity index (χ3v) is 6.79. The average Bonchev–Trinajstić information content (AvgIpc) is 3.17. The molecule has 2 saturated heterocycles. The van der Waals surface area contributed by atoms with Crippen LogP contribution in [-0.2, 0) is 14.4 Å². The number of fused-ring (bicyclic) bond motifs is 1. The molecule has 3 amide bonds. The van der Waals surface area contributed by atoms with E-state index in [2.05, 4.69) is 13.8 Å². The number of piperazine rings is 1. The summed E-state index contributed by atoms with van der Waals surface area (Å²) in [5, 5.41) is 0. The van der Waals surface area contributed by atoms with Crippen LogP contribution in [0.1, 0.15) is 31.7 Å². The lowest BCUT2D eigenvalue weighted by atomic mass is 10.0. The number of ether oxygens (including phenoxy) is 2. The lowest BCUT2D eigenvalue weighted by Gasteiger charge is -2.38. The molecular formula is C26H29N3O5. The van der Waals surface area contributed by atoms with Crippen molar-refractivity contribution in [2.24, 2.45) is 0 Å². The van der Waals surface area contributed by atoms with Gasteiger partial charge in [0.1, 0.15) is 6.61 Å². The summed E-state index contributed by atoms with van der Waals surface area (Å²) in [6.07, 6.45) is -0.518. The quantitative estimate of drug-likeness (QED) is 0.648. The van der Waals surface area contributed by atoms with Gasteiger partial charge in [0.2, 0.25) is 12.0 Å². The van der Waals surface area contributed by atoms with Gasteiger partial charge in [-0.05, 0) is 35.7 Å². The summed E-state index contributed by atoms with van der Waals surface area (Å²) in [4.78, 5) is 43.9. The molecule has 3 aliphatic rings. The van der Waals surface area contributed by atoms with Crippen molar-refractivity contribution in [3.8, 4) is 11.5 Å². The fourth-order valence-corrected chi connectivity index (χ4v) is 4.78. The third-order valence-electron chi connectivity index (χ3n) is 6.79. The highest BCUT2D eigenvalue weighted by atomic mass is 16.6. The van der Waals surface area contributed by atoms with Crippen molar-refractivity contribution in [3.63, 3.8) is 0 Å². The number of carbonyl (C=O) groups is 3. The van der Waals surface area contributed by atoms with Crippen molar-refractivity contribution in [1.82, 2.24) is 9.80 Å². The minimum absolute atomic E-state index is 0.116. The van der Waals surface area contributed by atoms with E-state index < -0.39 is 12.1 Å². The lowest BCUT2D eigenvalue weighted by molar-refractivity contribution is -0.143. The van der Waals surface area contributed by atoms with Crippen LogP contribution in [0.5, 0.6) is 11.5 Å². The molecule has 3 heterocycles. The Balaban J connectivity index is 1.19. The Kier molecular flexibility index (Phi) is 6.00. The van der Waals surface area contributed by atoms with Gasteiger partial charge < -0.3 is 14.4 Å². The van der Waals surface area contributed by atoms with Crippen molar-refractivity contribution in [2.45, 2.75) is 38.3 Å². The predicted molar refractivity (Wildman–Crippen MR) is 126 cm³/mol. The number of rotatable bonds is 4. The van der Waals surface area contributed by atoms with E-state index in [0.29, 0.717) is 49.3 Å². The minimum Gasteiger partial charge on any atom is -0.485 e. The molecule has 8 heteroatoms. The molecule has 0 radical (unpaired) electrons. The first-order valence-corrected chi connectivity index (χ1v) is 11.8. The van der Waals surface area contributed by atoms with Crippen LogP contribution in [0, 0.1) is 0 Å². The van der Waals surface area contributed by atoms with E-state index in [1.165, 1.54) is 4.90 Å². The van der Waals surface area contributed by atoms with E-state index in [4.69, 9.17) is 9.47 Å². The van der Waals surface area contributed by atoms with Crippen LogP contribution < -0.4 is 14.4 Å². The summed E-state index contributed by atoms with van der Waals surface area (Å²) in [7, 11) is 0. The van der Waals surface area contributed by atoms with Crippen LogP contribution in [0.2, 0.25) is 0 Å². The van der Waals surface area contributed by atoms with Crippen LogP contribution in [0.3, 0.4) is 0 Å². The first kappa shape index (κ1) is 22.4. The second-order valence-corrected chi connectivity index (χ2v) is 9.26. The van der Waals surface area contributed by atoms with Gasteiger partial charge in [0, 0.05) is 26.2 Å². The van der Waals surface area contributed by atoms with Gasteiger partial charge in [-0.3, -0.25) is 19.3 Å². The SMILES string of the molecule is CC(C)c1ccc(N2C(=O)C[C@@H](N3CCN(C(=O)[C@@H]4COc5ccccc5O4)CC3)C2=O)cc1. The fraction of sp³-hybridized carbons (Fsp3) is 0.423. The molecule has 2 atom stereocenters. The van der Waals surface area contributed by atoms with Crippen molar-refractivity contribution in [2.75, 3.05) is 37.7 Å². The van der Waals surface area contributed by atoms with Crippen molar-refractivity contribution in [3.05, 3.63) is 54.1 Å². The highest BCUT2D eigenvalue weighted by Crippen LogP contribution is 2.32. The predicted octanol–water partition coefficient (Wildman–Crippen LogP) is 2.43. The summed E-state index contributed by atoms with van der Waals surface area (Å²) in [6, 6.07) is 14.4. The molecule has 0 unspecified atom stereocenters. The van der Waals surface area contributed by atoms with Gasteiger partial charge in [-0.2, -0.15) is 0 Å². The van der Waals surface area contributed by atoms with E-state index in [0.717, 1.165) is 5.56 Å². The zero-order chi connectivity index (χ0) is 23.8. The molecule has 0 saturated carbocycles. The summed E-state index contributed by atoms with van der Waals surface area (Å²) >= 11 is 0. The van der Waals surface area contributed by atoms with Gasteiger partial charge in [-0.15, -0.1) is 0 Å². The summed E-state index contributed by atoms with van der Waals surface area (Å²) in [6.45, 7) is 6.39. The molecule has 2 fully saturated rings. The van der Waals surface area contributed by atoms with Gasteiger partial charge in [-0.1, -0.05) is 38.1 Å². The molecule has 0 bridgehead atoms. The monoisotopic (exact) mass is 463 g/mol. The molecule has 5 rings (SSSR count). The fourth-order valence-electron chi connectivity index (χ4n) is 4.78. The molecule has 0 spiro atoms. The Morgan fingerprint density at radius 2 is 1.62 bits per heavy atom. The number of carbonyl (C=O) groups excluding carboxylic acids is 3. The number of hydrogen-bond acceptors (Lipinski definition) is 6. The van der Waals surface area contributed by atoms with Gasteiger partial charge >= 0.3 is 0 Å². The number of anilines is 1. The Bertz CT molecular complexity index is 1090. The molecule has 2 aromatic rings.